The summed E-state index contributed by atoms with van der Waals surface area (Å²) in [5, 5.41) is 13.5. The Labute approximate surface area is 118 Å². The van der Waals surface area contributed by atoms with Crippen molar-refractivity contribution in [2.24, 2.45) is 5.92 Å². The third-order valence-corrected chi connectivity index (χ3v) is 5.02. The van der Waals surface area contributed by atoms with Gasteiger partial charge in [-0.05, 0) is 77.4 Å². The molecule has 1 aliphatic carbocycles. The van der Waals surface area contributed by atoms with Crippen molar-refractivity contribution in [1.29, 1.82) is 0 Å². The van der Waals surface area contributed by atoms with E-state index in [1.54, 1.807) is 0 Å². The first-order valence-corrected chi connectivity index (χ1v) is 8.35. The van der Waals surface area contributed by atoms with E-state index in [0.717, 1.165) is 18.8 Å². The fraction of sp³-hybridized carbons (Fsp3) is 1.00. The van der Waals surface area contributed by atoms with Crippen LogP contribution in [0.15, 0.2) is 0 Å². The third kappa shape index (κ3) is 4.73. The molecule has 2 fully saturated rings. The summed E-state index contributed by atoms with van der Waals surface area (Å²) in [5.74, 6) is 0.826. The van der Waals surface area contributed by atoms with Gasteiger partial charge in [-0.2, -0.15) is 0 Å². The van der Waals surface area contributed by atoms with Gasteiger partial charge in [-0.1, -0.05) is 6.92 Å². The van der Waals surface area contributed by atoms with E-state index in [2.05, 4.69) is 24.1 Å². The molecule has 0 aromatic heterocycles. The Morgan fingerprint density at radius 1 is 1.21 bits per heavy atom. The third-order valence-electron chi connectivity index (χ3n) is 5.02. The molecule has 112 valence electrons. The molecule has 0 spiro atoms. The number of piperidine rings is 1. The minimum Gasteiger partial charge on any atom is -0.393 e. The second-order valence-electron chi connectivity index (χ2n) is 6.65. The molecule has 3 atom stereocenters. The Hall–Kier alpha value is -0.120. The lowest BCUT2D eigenvalue weighted by molar-refractivity contribution is 0.0997. The van der Waals surface area contributed by atoms with Crippen molar-refractivity contribution in [2.75, 3.05) is 19.6 Å². The van der Waals surface area contributed by atoms with Gasteiger partial charge < -0.3 is 15.3 Å². The standard InChI is InChI=1S/C16H32N2O/c1-3-9-18-10-7-14(8-11-18)13(2)17-15-5-4-6-16(19)12-15/h13-17,19H,3-12H2,1-2H3. The van der Waals surface area contributed by atoms with Crippen molar-refractivity contribution in [3.05, 3.63) is 0 Å². The number of aliphatic hydroxyl groups excluding tert-OH is 1. The van der Waals surface area contributed by atoms with Crippen LogP contribution in [0, 0.1) is 5.92 Å². The Bertz CT molecular complexity index is 251. The average Bonchev–Trinajstić information content (AvgIpc) is 2.40. The van der Waals surface area contributed by atoms with E-state index in [1.807, 2.05) is 0 Å². The van der Waals surface area contributed by atoms with Crippen LogP contribution in [-0.4, -0.2) is 47.8 Å². The van der Waals surface area contributed by atoms with Gasteiger partial charge in [-0.3, -0.25) is 0 Å². The van der Waals surface area contributed by atoms with Crippen molar-refractivity contribution < 1.29 is 5.11 Å². The number of nitrogens with one attached hydrogen (secondary N) is 1. The van der Waals surface area contributed by atoms with Crippen LogP contribution < -0.4 is 5.32 Å². The predicted molar refractivity (Wildman–Crippen MR) is 80.3 cm³/mol. The highest BCUT2D eigenvalue weighted by atomic mass is 16.3. The maximum Gasteiger partial charge on any atom is 0.0555 e. The Balaban J connectivity index is 1.70. The molecule has 1 heterocycles. The van der Waals surface area contributed by atoms with E-state index in [9.17, 15) is 5.11 Å². The van der Waals surface area contributed by atoms with Crippen molar-refractivity contribution >= 4 is 0 Å². The van der Waals surface area contributed by atoms with Gasteiger partial charge in [0.25, 0.3) is 0 Å². The maximum atomic E-state index is 9.75. The van der Waals surface area contributed by atoms with Gasteiger partial charge in [-0.25, -0.2) is 0 Å². The first kappa shape index (κ1) is 15.3. The molecular formula is C16H32N2O. The average molecular weight is 268 g/mol. The molecule has 1 aliphatic heterocycles. The highest BCUT2D eigenvalue weighted by Crippen LogP contribution is 2.24. The molecule has 0 radical (unpaired) electrons. The molecular weight excluding hydrogens is 236 g/mol. The van der Waals surface area contributed by atoms with Crippen molar-refractivity contribution in [3.8, 4) is 0 Å². The molecule has 2 rings (SSSR count). The molecule has 0 amide bonds. The molecule has 0 aromatic rings. The summed E-state index contributed by atoms with van der Waals surface area (Å²) in [6, 6.07) is 1.16. The number of aliphatic hydroxyl groups is 1. The molecule has 0 aromatic carbocycles. The summed E-state index contributed by atoms with van der Waals surface area (Å²) in [4.78, 5) is 2.60. The van der Waals surface area contributed by atoms with Gasteiger partial charge in [0.15, 0.2) is 0 Å². The van der Waals surface area contributed by atoms with E-state index in [-0.39, 0.29) is 6.10 Å². The second-order valence-corrected chi connectivity index (χ2v) is 6.65. The molecule has 2 N–H and O–H groups in total. The molecule has 2 aliphatic rings. The van der Waals surface area contributed by atoms with Gasteiger partial charge in [0.05, 0.1) is 6.10 Å². The number of nitrogens with zero attached hydrogens (tertiary/aromatic N) is 1. The van der Waals surface area contributed by atoms with Crippen LogP contribution in [0.25, 0.3) is 0 Å². The van der Waals surface area contributed by atoms with E-state index in [4.69, 9.17) is 0 Å². The topological polar surface area (TPSA) is 35.5 Å². The van der Waals surface area contributed by atoms with Gasteiger partial charge in [0.2, 0.25) is 0 Å². The molecule has 3 heteroatoms. The Morgan fingerprint density at radius 2 is 1.95 bits per heavy atom. The first-order chi connectivity index (χ1) is 9.19. The number of likely N-dealkylation sites (tertiary alicyclic amines) is 1. The van der Waals surface area contributed by atoms with Crippen LogP contribution in [0.5, 0.6) is 0 Å². The largest absolute Gasteiger partial charge is 0.393 e. The van der Waals surface area contributed by atoms with E-state index in [1.165, 1.54) is 51.7 Å². The van der Waals surface area contributed by atoms with Crippen LogP contribution in [0.3, 0.4) is 0 Å². The van der Waals surface area contributed by atoms with E-state index < -0.39 is 0 Å². The zero-order chi connectivity index (χ0) is 13.7. The zero-order valence-electron chi connectivity index (χ0n) is 12.8. The van der Waals surface area contributed by atoms with Crippen molar-refractivity contribution in [3.63, 3.8) is 0 Å². The van der Waals surface area contributed by atoms with Gasteiger partial charge >= 0.3 is 0 Å². The zero-order valence-corrected chi connectivity index (χ0v) is 12.8. The van der Waals surface area contributed by atoms with Gasteiger partial charge in [0, 0.05) is 12.1 Å². The highest BCUT2D eigenvalue weighted by molar-refractivity contribution is 4.84. The normalized spacial score (nSPS) is 32.4. The number of hydrogen-bond donors (Lipinski definition) is 2. The monoisotopic (exact) mass is 268 g/mol. The fourth-order valence-electron chi connectivity index (χ4n) is 3.82. The van der Waals surface area contributed by atoms with Crippen molar-refractivity contribution in [2.45, 2.75) is 77.0 Å². The van der Waals surface area contributed by atoms with Gasteiger partial charge in [-0.15, -0.1) is 0 Å². The summed E-state index contributed by atoms with van der Waals surface area (Å²) in [6.07, 6.45) is 8.27. The summed E-state index contributed by atoms with van der Waals surface area (Å²) in [7, 11) is 0. The summed E-state index contributed by atoms with van der Waals surface area (Å²) >= 11 is 0. The summed E-state index contributed by atoms with van der Waals surface area (Å²) in [6.45, 7) is 8.44. The Kier molecular flexibility index (Phi) is 6.11. The quantitative estimate of drug-likeness (QED) is 0.803. The lowest BCUT2D eigenvalue weighted by Gasteiger charge is -2.37. The van der Waals surface area contributed by atoms with Crippen LogP contribution in [0.2, 0.25) is 0 Å². The molecule has 3 unspecified atom stereocenters. The predicted octanol–water partition coefficient (Wildman–Crippen LogP) is 2.39. The van der Waals surface area contributed by atoms with Crippen molar-refractivity contribution in [1.82, 2.24) is 10.2 Å². The van der Waals surface area contributed by atoms with Crippen LogP contribution in [0.1, 0.15) is 58.8 Å². The molecule has 19 heavy (non-hydrogen) atoms. The molecule has 0 bridgehead atoms. The molecule has 1 saturated carbocycles. The van der Waals surface area contributed by atoms with Gasteiger partial charge in [0.1, 0.15) is 0 Å². The van der Waals surface area contributed by atoms with E-state index >= 15 is 0 Å². The minimum atomic E-state index is -0.0650. The Morgan fingerprint density at radius 3 is 2.58 bits per heavy atom. The lowest BCUT2D eigenvalue weighted by atomic mass is 9.87. The first-order valence-electron chi connectivity index (χ1n) is 8.35. The van der Waals surface area contributed by atoms with E-state index in [0.29, 0.717) is 12.1 Å². The number of hydrogen-bond acceptors (Lipinski definition) is 3. The molecule has 3 nitrogen and oxygen atoms in total. The lowest BCUT2D eigenvalue weighted by Crippen LogP contribution is -2.47. The van der Waals surface area contributed by atoms with Crippen LogP contribution in [-0.2, 0) is 0 Å². The van der Waals surface area contributed by atoms with Crippen LogP contribution in [0.4, 0.5) is 0 Å². The fourth-order valence-corrected chi connectivity index (χ4v) is 3.82. The minimum absolute atomic E-state index is 0.0650. The van der Waals surface area contributed by atoms with Crippen LogP contribution >= 0.6 is 0 Å². The highest BCUT2D eigenvalue weighted by Gasteiger charge is 2.27. The number of rotatable bonds is 5. The second kappa shape index (κ2) is 7.61. The summed E-state index contributed by atoms with van der Waals surface area (Å²) < 4.78 is 0. The summed E-state index contributed by atoms with van der Waals surface area (Å²) in [5.41, 5.74) is 0. The maximum absolute atomic E-state index is 9.75. The molecule has 1 saturated heterocycles. The SMILES string of the molecule is CCCN1CCC(C(C)NC2CCCC(O)C2)CC1. The smallest absolute Gasteiger partial charge is 0.0555 e.